The van der Waals surface area contributed by atoms with Crippen molar-refractivity contribution in [3.8, 4) is 0 Å². The molecule has 0 fully saturated rings. The molecule has 0 spiro atoms. The summed E-state index contributed by atoms with van der Waals surface area (Å²) in [5.74, 6) is -0.120. The monoisotopic (exact) mass is 214 g/mol. The van der Waals surface area contributed by atoms with Crippen LogP contribution in [0.2, 0.25) is 0 Å². The van der Waals surface area contributed by atoms with Gasteiger partial charge in [-0.1, -0.05) is 24.3 Å². The van der Waals surface area contributed by atoms with Crippen molar-refractivity contribution in [2.45, 2.75) is 6.92 Å². The van der Waals surface area contributed by atoms with Gasteiger partial charge in [0.15, 0.2) is 0 Å². The number of amides is 1. The highest BCUT2D eigenvalue weighted by molar-refractivity contribution is 6.03. The number of benzene rings is 2. The molecule has 3 nitrogen and oxygen atoms in total. The molecular weight excluding hydrogens is 200 g/mol. The minimum absolute atomic E-state index is 0.120. The van der Waals surface area contributed by atoms with Gasteiger partial charge in [0.1, 0.15) is 0 Å². The summed E-state index contributed by atoms with van der Waals surface area (Å²) in [5.41, 5.74) is 6.92. The van der Waals surface area contributed by atoms with E-state index in [0.29, 0.717) is 17.8 Å². The largest absolute Gasteiger partial charge is 0.398 e. The van der Waals surface area contributed by atoms with Gasteiger partial charge in [0.25, 0.3) is 5.91 Å². The van der Waals surface area contributed by atoms with Gasteiger partial charge >= 0.3 is 0 Å². The first-order valence-electron chi connectivity index (χ1n) is 5.29. The molecule has 0 aliphatic heterocycles. The molecule has 3 N–H and O–H groups in total. The molecule has 3 heteroatoms. The number of nitrogens with one attached hydrogen (secondary N) is 1. The molecule has 0 aliphatic rings. The third kappa shape index (κ3) is 1.84. The predicted octanol–water partition coefficient (Wildman–Crippen LogP) is 2.17. The van der Waals surface area contributed by atoms with Gasteiger partial charge in [-0.05, 0) is 29.8 Å². The fourth-order valence-corrected chi connectivity index (χ4v) is 1.71. The molecule has 0 aliphatic carbocycles. The van der Waals surface area contributed by atoms with Crippen molar-refractivity contribution in [3.63, 3.8) is 0 Å². The van der Waals surface area contributed by atoms with E-state index in [2.05, 4.69) is 5.32 Å². The summed E-state index contributed by atoms with van der Waals surface area (Å²) in [6.07, 6.45) is 0. The van der Waals surface area contributed by atoms with Crippen molar-refractivity contribution < 1.29 is 4.79 Å². The van der Waals surface area contributed by atoms with Crippen LogP contribution in [0, 0.1) is 0 Å². The second kappa shape index (κ2) is 4.23. The quantitative estimate of drug-likeness (QED) is 0.753. The molecule has 0 saturated heterocycles. The lowest BCUT2D eigenvalue weighted by Gasteiger charge is -2.07. The summed E-state index contributed by atoms with van der Waals surface area (Å²) in [6, 6.07) is 11.5. The number of hydrogen-bond acceptors (Lipinski definition) is 2. The van der Waals surface area contributed by atoms with Gasteiger partial charge in [0, 0.05) is 12.2 Å². The van der Waals surface area contributed by atoms with Crippen molar-refractivity contribution >= 4 is 22.4 Å². The molecule has 2 aromatic carbocycles. The Hall–Kier alpha value is -2.03. The highest BCUT2D eigenvalue weighted by Gasteiger charge is 2.09. The molecule has 82 valence electrons. The molecule has 0 heterocycles. The van der Waals surface area contributed by atoms with Crippen molar-refractivity contribution in [2.75, 3.05) is 12.3 Å². The number of carbonyl (C=O) groups is 1. The van der Waals surface area contributed by atoms with Crippen LogP contribution in [0.5, 0.6) is 0 Å². The van der Waals surface area contributed by atoms with Gasteiger partial charge in [0.2, 0.25) is 0 Å². The SMILES string of the molecule is CCNC(=O)c1cc2ccccc2cc1N. The Bertz CT molecular complexity index is 534. The highest BCUT2D eigenvalue weighted by Crippen LogP contribution is 2.21. The molecule has 0 aromatic heterocycles. The molecule has 1 amide bonds. The molecule has 16 heavy (non-hydrogen) atoms. The maximum absolute atomic E-state index is 11.7. The van der Waals surface area contributed by atoms with Gasteiger partial charge in [0.05, 0.1) is 5.56 Å². The van der Waals surface area contributed by atoms with Crippen molar-refractivity contribution in [1.29, 1.82) is 0 Å². The molecule has 0 unspecified atom stereocenters. The standard InChI is InChI=1S/C13H14N2O/c1-2-15-13(16)11-7-9-5-3-4-6-10(9)8-12(11)14/h3-8H,2,14H2,1H3,(H,15,16). The van der Waals surface area contributed by atoms with Crippen molar-refractivity contribution in [2.24, 2.45) is 0 Å². The average molecular weight is 214 g/mol. The summed E-state index contributed by atoms with van der Waals surface area (Å²) in [5, 5.41) is 4.82. The molecule has 2 aromatic rings. The van der Waals surface area contributed by atoms with Gasteiger partial charge in [-0.2, -0.15) is 0 Å². The number of anilines is 1. The van der Waals surface area contributed by atoms with Crippen LogP contribution in [0.4, 0.5) is 5.69 Å². The summed E-state index contributed by atoms with van der Waals surface area (Å²) in [6.45, 7) is 2.49. The number of rotatable bonds is 2. The molecule has 2 rings (SSSR count). The molecular formula is C13H14N2O. The molecule has 0 atom stereocenters. The topological polar surface area (TPSA) is 55.1 Å². The van der Waals surface area contributed by atoms with Gasteiger partial charge in [-0.25, -0.2) is 0 Å². The normalized spacial score (nSPS) is 10.3. The Balaban J connectivity index is 2.54. The van der Waals surface area contributed by atoms with E-state index in [1.807, 2.05) is 43.3 Å². The van der Waals surface area contributed by atoms with E-state index >= 15 is 0 Å². The molecule has 0 saturated carbocycles. The maximum Gasteiger partial charge on any atom is 0.253 e. The Labute approximate surface area is 94.3 Å². The van der Waals surface area contributed by atoms with E-state index in [4.69, 9.17) is 5.73 Å². The third-order valence-corrected chi connectivity index (χ3v) is 2.50. The second-order valence-corrected chi connectivity index (χ2v) is 3.65. The van der Waals surface area contributed by atoms with Crippen molar-refractivity contribution in [3.05, 3.63) is 42.0 Å². The highest BCUT2D eigenvalue weighted by atomic mass is 16.1. The van der Waals surface area contributed by atoms with E-state index in [0.717, 1.165) is 10.8 Å². The fourth-order valence-electron chi connectivity index (χ4n) is 1.71. The van der Waals surface area contributed by atoms with Gasteiger partial charge in [-0.3, -0.25) is 4.79 Å². The van der Waals surface area contributed by atoms with E-state index in [-0.39, 0.29) is 5.91 Å². The lowest BCUT2D eigenvalue weighted by Crippen LogP contribution is -2.23. The maximum atomic E-state index is 11.7. The van der Waals surface area contributed by atoms with Crippen LogP contribution in [0.3, 0.4) is 0 Å². The Morgan fingerprint density at radius 2 is 1.88 bits per heavy atom. The van der Waals surface area contributed by atoms with Crippen LogP contribution in [0.1, 0.15) is 17.3 Å². The number of carbonyl (C=O) groups excluding carboxylic acids is 1. The van der Waals surface area contributed by atoms with Gasteiger partial charge in [-0.15, -0.1) is 0 Å². The van der Waals surface area contributed by atoms with Crippen LogP contribution in [0.15, 0.2) is 36.4 Å². The average Bonchev–Trinajstić information content (AvgIpc) is 2.28. The minimum atomic E-state index is -0.120. The lowest BCUT2D eigenvalue weighted by atomic mass is 10.0. The first-order chi connectivity index (χ1) is 7.72. The van der Waals surface area contributed by atoms with Crippen molar-refractivity contribution in [1.82, 2.24) is 5.32 Å². The summed E-state index contributed by atoms with van der Waals surface area (Å²) in [4.78, 5) is 11.7. The zero-order valence-corrected chi connectivity index (χ0v) is 9.16. The minimum Gasteiger partial charge on any atom is -0.398 e. The number of fused-ring (bicyclic) bond motifs is 1. The van der Waals surface area contributed by atoms with E-state index < -0.39 is 0 Å². The summed E-state index contributed by atoms with van der Waals surface area (Å²) in [7, 11) is 0. The van der Waals surface area contributed by atoms with E-state index in [1.165, 1.54) is 0 Å². The van der Waals surface area contributed by atoms with Crippen LogP contribution in [-0.4, -0.2) is 12.5 Å². The smallest absolute Gasteiger partial charge is 0.253 e. The Morgan fingerprint density at radius 1 is 1.25 bits per heavy atom. The number of nitrogen functional groups attached to an aromatic ring is 1. The first-order valence-corrected chi connectivity index (χ1v) is 5.29. The molecule has 0 bridgehead atoms. The van der Waals surface area contributed by atoms with Crippen LogP contribution < -0.4 is 11.1 Å². The predicted molar refractivity (Wildman–Crippen MR) is 66.4 cm³/mol. The third-order valence-electron chi connectivity index (χ3n) is 2.50. The van der Waals surface area contributed by atoms with Gasteiger partial charge < -0.3 is 11.1 Å². The molecule has 0 radical (unpaired) electrons. The van der Waals surface area contributed by atoms with Crippen LogP contribution in [0.25, 0.3) is 10.8 Å². The lowest BCUT2D eigenvalue weighted by molar-refractivity contribution is 0.0957. The zero-order valence-electron chi connectivity index (χ0n) is 9.16. The van der Waals surface area contributed by atoms with E-state index in [1.54, 1.807) is 0 Å². The Kier molecular flexibility index (Phi) is 2.77. The van der Waals surface area contributed by atoms with Crippen LogP contribution >= 0.6 is 0 Å². The Morgan fingerprint density at radius 3 is 2.50 bits per heavy atom. The first kappa shape index (κ1) is 10.5. The number of hydrogen-bond donors (Lipinski definition) is 2. The van der Waals surface area contributed by atoms with E-state index in [9.17, 15) is 4.79 Å². The second-order valence-electron chi connectivity index (χ2n) is 3.65. The fraction of sp³-hybridized carbons (Fsp3) is 0.154. The van der Waals surface area contributed by atoms with Crippen LogP contribution in [-0.2, 0) is 0 Å². The summed E-state index contributed by atoms with van der Waals surface area (Å²) < 4.78 is 0. The summed E-state index contributed by atoms with van der Waals surface area (Å²) >= 11 is 0. The zero-order chi connectivity index (χ0) is 11.5. The number of nitrogens with two attached hydrogens (primary N) is 1.